The van der Waals surface area contributed by atoms with Gasteiger partial charge < -0.3 is 5.11 Å². The second kappa shape index (κ2) is 6.89. The Bertz CT molecular complexity index is 600. The summed E-state index contributed by atoms with van der Waals surface area (Å²) in [6.07, 6.45) is 1.83. The highest BCUT2D eigenvalue weighted by molar-refractivity contribution is 9.10. The molecule has 1 heterocycles. The minimum absolute atomic E-state index is 0.0186. The van der Waals surface area contributed by atoms with Crippen LogP contribution >= 0.6 is 15.9 Å². The predicted molar refractivity (Wildman–Crippen MR) is 83.0 cm³/mol. The second-order valence-corrected chi connectivity index (χ2v) is 8.23. The summed E-state index contributed by atoms with van der Waals surface area (Å²) in [7, 11) is -3.33. The topological polar surface area (TPSA) is 74.7 Å². The van der Waals surface area contributed by atoms with E-state index in [1.165, 1.54) is 0 Å². The van der Waals surface area contributed by atoms with Gasteiger partial charge in [0.2, 0.25) is 0 Å². The lowest BCUT2D eigenvalue weighted by molar-refractivity contribution is -0.138. The molecule has 1 N–H and O–H groups in total. The van der Waals surface area contributed by atoms with Gasteiger partial charge in [-0.3, -0.25) is 9.69 Å². The van der Waals surface area contributed by atoms with Gasteiger partial charge in [0.25, 0.3) is 0 Å². The third kappa shape index (κ3) is 4.52. The van der Waals surface area contributed by atoms with E-state index in [4.69, 9.17) is 5.11 Å². The van der Waals surface area contributed by atoms with Crippen molar-refractivity contribution in [2.75, 3.05) is 18.8 Å². The molecule has 1 saturated heterocycles. The van der Waals surface area contributed by atoms with Crippen LogP contribution in [0.3, 0.4) is 0 Å². The number of hydrogen-bond acceptors (Lipinski definition) is 4. The first kappa shape index (κ1) is 16.5. The van der Waals surface area contributed by atoms with Crippen molar-refractivity contribution in [1.29, 1.82) is 0 Å². The van der Waals surface area contributed by atoms with Gasteiger partial charge in [-0.2, -0.15) is 0 Å². The molecule has 116 valence electrons. The van der Waals surface area contributed by atoms with Gasteiger partial charge in [0.15, 0.2) is 9.84 Å². The zero-order valence-electron chi connectivity index (χ0n) is 11.5. The van der Waals surface area contributed by atoms with Crippen molar-refractivity contribution in [3.05, 3.63) is 28.7 Å². The molecule has 0 amide bonds. The first-order valence-corrected chi connectivity index (χ1v) is 9.27. The molecule has 5 nitrogen and oxygen atoms in total. The number of nitrogens with zero attached hydrogens (tertiary/aromatic N) is 1. The summed E-state index contributed by atoms with van der Waals surface area (Å²) in [5.74, 6) is -0.812. The Labute approximate surface area is 133 Å². The molecule has 1 atom stereocenters. The molecule has 0 bridgehead atoms. The van der Waals surface area contributed by atoms with Crippen LogP contribution in [0.2, 0.25) is 0 Å². The zero-order valence-corrected chi connectivity index (χ0v) is 13.9. The second-order valence-electron chi connectivity index (χ2n) is 5.20. The van der Waals surface area contributed by atoms with Gasteiger partial charge in [0, 0.05) is 17.1 Å². The summed E-state index contributed by atoms with van der Waals surface area (Å²) in [6, 6.07) is 6.53. The monoisotopic (exact) mass is 375 g/mol. The molecule has 0 aliphatic carbocycles. The number of hydrogen-bond donors (Lipinski definition) is 1. The number of aliphatic carboxylic acids is 1. The van der Waals surface area contributed by atoms with E-state index >= 15 is 0 Å². The molecule has 1 aliphatic rings. The summed E-state index contributed by atoms with van der Waals surface area (Å²) >= 11 is 3.28. The lowest BCUT2D eigenvalue weighted by Gasteiger charge is -2.22. The fourth-order valence-corrected chi connectivity index (χ4v) is 4.15. The smallest absolute Gasteiger partial charge is 0.304 e. The quantitative estimate of drug-likeness (QED) is 0.824. The molecular formula is C14H18BrNO4S. The maximum atomic E-state index is 12.3. The Morgan fingerprint density at radius 3 is 2.62 bits per heavy atom. The van der Waals surface area contributed by atoms with Crippen molar-refractivity contribution < 1.29 is 18.3 Å². The highest BCUT2D eigenvalue weighted by atomic mass is 79.9. The number of rotatable bonds is 6. The van der Waals surface area contributed by atoms with Crippen LogP contribution in [0.5, 0.6) is 0 Å². The molecule has 1 unspecified atom stereocenters. The van der Waals surface area contributed by atoms with Crippen LogP contribution in [-0.2, 0) is 14.6 Å². The first-order chi connectivity index (χ1) is 9.88. The predicted octanol–water partition coefficient (Wildman–Crippen LogP) is 2.16. The summed E-state index contributed by atoms with van der Waals surface area (Å²) in [5, 5.41) is 8.87. The minimum Gasteiger partial charge on any atom is -0.481 e. The Balaban J connectivity index is 1.98. The molecule has 0 saturated carbocycles. The van der Waals surface area contributed by atoms with E-state index in [1.54, 1.807) is 24.3 Å². The van der Waals surface area contributed by atoms with Crippen molar-refractivity contribution in [2.45, 2.75) is 30.2 Å². The number of carboxylic acids is 1. The van der Waals surface area contributed by atoms with Crippen LogP contribution in [0.4, 0.5) is 0 Å². The van der Waals surface area contributed by atoms with Crippen molar-refractivity contribution >= 4 is 31.7 Å². The summed E-state index contributed by atoms with van der Waals surface area (Å²) in [4.78, 5) is 13.1. The Hall–Kier alpha value is -0.920. The Morgan fingerprint density at radius 1 is 1.33 bits per heavy atom. The SMILES string of the molecule is O=C(O)CC1CCCN1CCS(=O)(=O)c1ccc(Br)cc1. The molecule has 1 aromatic rings. The largest absolute Gasteiger partial charge is 0.481 e. The number of benzene rings is 1. The maximum absolute atomic E-state index is 12.3. The molecular weight excluding hydrogens is 358 g/mol. The number of carboxylic acid groups (broad SMARTS) is 1. The highest BCUT2D eigenvalue weighted by Crippen LogP contribution is 2.21. The number of halogens is 1. The molecule has 1 aromatic carbocycles. The van der Waals surface area contributed by atoms with Gasteiger partial charge in [-0.25, -0.2) is 8.42 Å². The average molecular weight is 376 g/mol. The van der Waals surface area contributed by atoms with Crippen LogP contribution in [0, 0.1) is 0 Å². The standard InChI is InChI=1S/C14H18BrNO4S/c15-11-3-5-13(6-4-11)21(19,20)9-8-16-7-1-2-12(16)10-14(17)18/h3-6,12H,1-2,7-10H2,(H,17,18). The first-order valence-electron chi connectivity index (χ1n) is 6.82. The minimum atomic E-state index is -3.33. The third-order valence-corrected chi connectivity index (χ3v) is 5.97. The van der Waals surface area contributed by atoms with E-state index in [2.05, 4.69) is 15.9 Å². The lowest BCUT2D eigenvalue weighted by atomic mass is 10.1. The van der Waals surface area contributed by atoms with Crippen molar-refractivity contribution in [3.63, 3.8) is 0 Å². The highest BCUT2D eigenvalue weighted by Gasteiger charge is 2.27. The average Bonchev–Trinajstić information content (AvgIpc) is 2.83. The van der Waals surface area contributed by atoms with Crippen LogP contribution in [0.15, 0.2) is 33.6 Å². The van der Waals surface area contributed by atoms with Gasteiger partial charge >= 0.3 is 5.97 Å². The van der Waals surface area contributed by atoms with E-state index in [1.807, 2.05) is 4.90 Å². The molecule has 0 aromatic heterocycles. The van der Waals surface area contributed by atoms with E-state index in [0.29, 0.717) is 11.4 Å². The Morgan fingerprint density at radius 2 is 2.00 bits per heavy atom. The van der Waals surface area contributed by atoms with Crippen molar-refractivity contribution in [1.82, 2.24) is 4.90 Å². The van der Waals surface area contributed by atoms with E-state index in [9.17, 15) is 13.2 Å². The van der Waals surface area contributed by atoms with Crippen LogP contribution in [-0.4, -0.2) is 49.3 Å². The van der Waals surface area contributed by atoms with Gasteiger partial charge in [-0.05, 0) is 43.7 Å². The molecule has 0 radical (unpaired) electrons. The van der Waals surface area contributed by atoms with Gasteiger partial charge in [0.1, 0.15) is 0 Å². The Kier molecular flexibility index (Phi) is 5.40. The van der Waals surface area contributed by atoms with Crippen LogP contribution < -0.4 is 0 Å². The number of sulfone groups is 1. The van der Waals surface area contributed by atoms with Gasteiger partial charge in [-0.1, -0.05) is 15.9 Å². The molecule has 21 heavy (non-hydrogen) atoms. The molecule has 1 aliphatic heterocycles. The summed E-state index contributed by atoms with van der Waals surface area (Å²) in [5.41, 5.74) is 0. The summed E-state index contributed by atoms with van der Waals surface area (Å²) < 4.78 is 25.4. The fourth-order valence-electron chi connectivity index (χ4n) is 2.62. The van der Waals surface area contributed by atoms with Crippen molar-refractivity contribution in [3.8, 4) is 0 Å². The summed E-state index contributed by atoms with van der Waals surface area (Å²) in [6.45, 7) is 1.16. The van der Waals surface area contributed by atoms with Gasteiger partial charge in [-0.15, -0.1) is 0 Å². The van der Waals surface area contributed by atoms with Crippen LogP contribution in [0.1, 0.15) is 19.3 Å². The zero-order chi connectivity index (χ0) is 15.5. The fraction of sp³-hybridized carbons (Fsp3) is 0.500. The van der Waals surface area contributed by atoms with E-state index < -0.39 is 15.8 Å². The maximum Gasteiger partial charge on any atom is 0.304 e. The van der Waals surface area contributed by atoms with Crippen molar-refractivity contribution in [2.24, 2.45) is 0 Å². The third-order valence-electron chi connectivity index (χ3n) is 3.73. The lowest BCUT2D eigenvalue weighted by Crippen LogP contribution is -2.35. The van der Waals surface area contributed by atoms with Crippen LogP contribution in [0.25, 0.3) is 0 Å². The normalized spacial score (nSPS) is 19.8. The van der Waals surface area contributed by atoms with E-state index in [-0.39, 0.29) is 18.2 Å². The molecule has 0 spiro atoms. The number of likely N-dealkylation sites (tertiary alicyclic amines) is 1. The molecule has 1 fully saturated rings. The van der Waals surface area contributed by atoms with E-state index in [0.717, 1.165) is 23.9 Å². The molecule has 2 rings (SSSR count). The van der Waals surface area contributed by atoms with Gasteiger partial charge in [0.05, 0.1) is 17.1 Å². The molecule has 7 heteroatoms. The number of carbonyl (C=O) groups is 1.